The molecule has 0 aromatic carbocycles. The summed E-state index contributed by atoms with van der Waals surface area (Å²) in [6, 6.07) is 0.0190. The molecule has 1 aliphatic heterocycles. The van der Waals surface area contributed by atoms with Gasteiger partial charge >= 0.3 is 0 Å². The molecule has 1 heterocycles. The van der Waals surface area contributed by atoms with E-state index >= 15 is 0 Å². The molecule has 0 radical (unpaired) electrons. The van der Waals surface area contributed by atoms with Crippen molar-refractivity contribution in [1.82, 2.24) is 5.32 Å². The van der Waals surface area contributed by atoms with Crippen LogP contribution in [0.1, 0.15) is 66.2 Å². The van der Waals surface area contributed by atoms with Crippen molar-refractivity contribution in [1.29, 1.82) is 0 Å². The summed E-state index contributed by atoms with van der Waals surface area (Å²) in [6.45, 7) is 12.7. The Kier molecular flexibility index (Phi) is 5.75. The fourth-order valence-corrected chi connectivity index (χ4v) is 6.65. The summed E-state index contributed by atoms with van der Waals surface area (Å²) >= 11 is 4.99. The molecule has 4 nitrogen and oxygen atoms in total. The quantitative estimate of drug-likeness (QED) is 0.429. The molecule has 152 valence electrons. The lowest BCUT2D eigenvalue weighted by Crippen LogP contribution is -2.66. The maximum atomic E-state index is 11.2. The Balaban J connectivity index is 2.00. The Labute approximate surface area is 169 Å². The third-order valence-electron chi connectivity index (χ3n) is 7.97. The van der Waals surface area contributed by atoms with E-state index in [2.05, 4.69) is 42.8 Å². The van der Waals surface area contributed by atoms with Crippen molar-refractivity contribution in [3.8, 4) is 0 Å². The predicted octanol–water partition coefficient (Wildman–Crippen LogP) is 4.14. The number of aliphatic imine (C=N–C) groups is 1. The van der Waals surface area contributed by atoms with Crippen molar-refractivity contribution in [3.63, 3.8) is 0 Å². The van der Waals surface area contributed by atoms with E-state index in [0.29, 0.717) is 17.8 Å². The second-order valence-corrected chi connectivity index (χ2v) is 10.0. The number of ether oxygens (including phenoxy) is 1. The Morgan fingerprint density at radius 1 is 1.19 bits per heavy atom. The van der Waals surface area contributed by atoms with Crippen molar-refractivity contribution in [2.45, 2.75) is 95.1 Å². The molecule has 2 aliphatic carbocycles. The molecule has 27 heavy (non-hydrogen) atoms. The molecule has 0 spiro atoms. The Bertz CT molecular complexity index is 644. The van der Waals surface area contributed by atoms with E-state index in [1.807, 2.05) is 14.0 Å². The van der Waals surface area contributed by atoms with Crippen LogP contribution in [0.3, 0.4) is 0 Å². The Morgan fingerprint density at radius 2 is 1.85 bits per heavy atom. The zero-order chi connectivity index (χ0) is 20.0. The van der Waals surface area contributed by atoms with Crippen LogP contribution < -0.4 is 5.32 Å². The summed E-state index contributed by atoms with van der Waals surface area (Å²) in [6.07, 6.45) is 6.01. The molecule has 0 aromatic heterocycles. The van der Waals surface area contributed by atoms with E-state index in [9.17, 15) is 5.11 Å². The van der Waals surface area contributed by atoms with E-state index < -0.39 is 5.60 Å². The predicted molar refractivity (Wildman–Crippen MR) is 113 cm³/mol. The zero-order valence-corrected chi connectivity index (χ0v) is 18.4. The number of fused-ring (bicyclic) bond motifs is 1. The van der Waals surface area contributed by atoms with Crippen LogP contribution in [0.2, 0.25) is 0 Å². The third kappa shape index (κ3) is 3.58. The Hall–Kier alpha value is -0.580. The van der Waals surface area contributed by atoms with Gasteiger partial charge in [0.15, 0.2) is 0 Å². The molecule has 3 aliphatic rings. The van der Waals surface area contributed by atoms with E-state index in [1.165, 1.54) is 0 Å². The number of hydrogen-bond donors (Lipinski definition) is 2. The average Bonchev–Trinajstić information content (AvgIpc) is 2.98. The van der Waals surface area contributed by atoms with Crippen molar-refractivity contribution in [2.24, 2.45) is 22.7 Å². The van der Waals surface area contributed by atoms with E-state index in [1.54, 1.807) is 0 Å². The molecule has 8 atom stereocenters. The normalized spacial score (nSPS) is 49.9. The second kappa shape index (κ2) is 7.35. The molecule has 0 amide bonds. The van der Waals surface area contributed by atoms with Crippen LogP contribution in [0.15, 0.2) is 17.1 Å². The van der Waals surface area contributed by atoms with Crippen molar-refractivity contribution in [3.05, 3.63) is 12.2 Å². The van der Waals surface area contributed by atoms with Crippen LogP contribution in [0, 0.1) is 17.8 Å². The monoisotopic (exact) mass is 392 g/mol. The van der Waals surface area contributed by atoms with Gasteiger partial charge in [0.1, 0.15) is 0 Å². The van der Waals surface area contributed by atoms with Crippen LogP contribution in [0.25, 0.3) is 0 Å². The second-order valence-electron chi connectivity index (χ2n) is 9.86. The van der Waals surface area contributed by atoms with Gasteiger partial charge in [0.2, 0.25) is 0 Å². The van der Waals surface area contributed by atoms with E-state index in [4.69, 9.17) is 17.0 Å². The Morgan fingerprint density at radius 3 is 2.41 bits per heavy atom. The van der Waals surface area contributed by atoms with Gasteiger partial charge in [-0.05, 0) is 103 Å². The van der Waals surface area contributed by atoms with Gasteiger partial charge in [-0.1, -0.05) is 12.2 Å². The largest absolute Gasteiger partial charge is 0.389 e. The minimum absolute atomic E-state index is 0.0190. The summed E-state index contributed by atoms with van der Waals surface area (Å²) in [5.41, 5.74) is 0.00738. The number of isothiocyanates is 1. The minimum Gasteiger partial charge on any atom is -0.389 e. The molecule has 0 aromatic rings. The lowest BCUT2D eigenvalue weighted by Gasteiger charge is -2.59. The molecule has 3 rings (SSSR count). The van der Waals surface area contributed by atoms with Crippen molar-refractivity contribution in [2.75, 3.05) is 7.05 Å². The summed E-state index contributed by atoms with van der Waals surface area (Å²) in [5, 5.41) is 17.3. The fraction of sp³-hybridized carbons (Fsp3) is 0.864. The van der Waals surface area contributed by atoms with Gasteiger partial charge in [-0.15, -0.1) is 0 Å². The van der Waals surface area contributed by atoms with Crippen molar-refractivity contribution < 1.29 is 9.84 Å². The molecule has 2 N–H and O–H groups in total. The number of nitrogens with one attached hydrogen (secondary N) is 1. The molecule has 8 unspecified atom stereocenters. The van der Waals surface area contributed by atoms with Gasteiger partial charge in [-0.2, -0.15) is 0 Å². The number of hydrogen-bond acceptors (Lipinski definition) is 5. The summed E-state index contributed by atoms with van der Waals surface area (Å²) in [4.78, 5) is 4.64. The highest BCUT2D eigenvalue weighted by Gasteiger charge is 2.60. The molecule has 5 heteroatoms. The van der Waals surface area contributed by atoms with Gasteiger partial charge in [-0.25, -0.2) is 4.99 Å². The first-order valence-electron chi connectivity index (χ1n) is 10.4. The first kappa shape index (κ1) is 21.1. The smallest absolute Gasteiger partial charge is 0.0788 e. The SMILES string of the molecule is C=C(C)C1CCC(C)(C2CCC(C)(N=C=S)C3CCC(C)(O)C(NC)C32)O1. The molecule has 3 fully saturated rings. The van der Waals surface area contributed by atoms with Crippen LogP contribution in [0.5, 0.6) is 0 Å². The standard InChI is InChI=1S/C22H36N2O2S/c1-14(2)17-9-12-22(5,26-17)16-7-10-20(3,24-13-27)15-8-11-21(4,25)19(23-6)18(15)16/h15-19,23,25H,1,7-12H2,2-6H3. The molecular weight excluding hydrogens is 356 g/mol. The van der Waals surface area contributed by atoms with Gasteiger partial charge in [0.25, 0.3) is 0 Å². The first-order chi connectivity index (χ1) is 12.6. The zero-order valence-electron chi connectivity index (χ0n) is 17.5. The molecule has 0 bridgehead atoms. The number of likely N-dealkylation sites (N-methyl/N-ethyl adjacent to an activating group) is 1. The lowest BCUT2D eigenvalue weighted by atomic mass is 9.51. The maximum absolute atomic E-state index is 11.2. The van der Waals surface area contributed by atoms with Crippen LogP contribution in [-0.2, 0) is 4.74 Å². The van der Waals surface area contributed by atoms with Gasteiger partial charge in [0.05, 0.1) is 28.0 Å². The maximum Gasteiger partial charge on any atom is 0.0788 e. The van der Waals surface area contributed by atoms with Crippen LogP contribution in [-0.4, -0.2) is 46.2 Å². The first-order valence-corrected chi connectivity index (χ1v) is 10.8. The van der Waals surface area contributed by atoms with Crippen LogP contribution >= 0.6 is 12.2 Å². The van der Waals surface area contributed by atoms with Crippen LogP contribution in [0.4, 0.5) is 0 Å². The van der Waals surface area contributed by atoms with E-state index in [0.717, 1.165) is 44.1 Å². The molecule has 2 saturated carbocycles. The van der Waals surface area contributed by atoms with E-state index in [-0.39, 0.29) is 23.3 Å². The van der Waals surface area contributed by atoms with Crippen molar-refractivity contribution >= 4 is 17.4 Å². The highest BCUT2D eigenvalue weighted by molar-refractivity contribution is 7.78. The number of thiocarbonyl (C=S) groups is 1. The van der Waals surface area contributed by atoms with Gasteiger partial charge < -0.3 is 15.2 Å². The molecular formula is C22H36N2O2S. The number of nitrogens with zero attached hydrogens (tertiary/aromatic N) is 1. The summed E-state index contributed by atoms with van der Waals surface area (Å²) in [7, 11) is 1.97. The van der Waals surface area contributed by atoms with Gasteiger partial charge in [-0.3, -0.25) is 0 Å². The minimum atomic E-state index is -0.726. The highest BCUT2D eigenvalue weighted by Crippen LogP contribution is 2.57. The summed E-state index contributed by atoms with van der Waals surface area (Å²) in [5.74, 6) is 1.04. The topological polar surface area (TPSA) is 53.9 Å². The lowest BCUT2D eigenvalue weighted by molar-refractivity contribution is -0.153. The molecule has 1 saturated heterocycles. The number of rotatable bonds is 4. The third-order valence-corrected chi connectivity index (χ3v) is 8.06. The number of aliphatic hydroxyl groups is 1. The van der Waals surface area contributed by atoms with Gasteiger partial charge in [0, 0.05) is 6.04 Å². The average molecular weight is 393 g/mol. The summed E-state index contributed by atoms with van der Waals surface area (Å²) < 4.78 is 6.61. The fourth-order valence-electron chi connectivity index (χ4n) is 6.45. The highest BCUT2D eigenvalue weighted by atomic mass is 32.1.